The quantitative estimate of drug-likeness (QED) is 0.227. The molecule has 0 radical (unpaired) electrons. The molecule has 1 aromatic heterocycles. The highest BCUT2D eigenvalue weighted by atomic mass is 32.2. The van der Waals surface area contributed by atoms with Crippen molar-refractivity contribution in [2.24, 2.45) is 0 Å². The molecule has 0 spiro atoms. The van der Waals surface area contributed by atoms with Crippen LogP contribution in [0, 0.1) is 6.92 Å². The molecular weight excluding hydrogens is 691 g/mol. The zero-order chi connectivity index (χ0) is 37.3. The lowest BCUT2D eigenvalue weighted by Gasteiger charge is -2.38. The Balaban J connectivity index is 1.27. The van der Waals surface area contributed by atoms with Gasteiger partial charge in [-0.05, 0) is 52.7 Å². The molecule has 15 heteroatoms. The van der Waals surface area contributed by atoms with E-state index in [4.69, 9.17) is 4.74 Å². The van der Waals surface area contributed by atoms with E-state index in [-0.39, 0.29) is 37.2 Å². The third-order valence-corrected chi connectivity index (χ3v) is 11.4. The van der Waals surface area contributed by atoms with E-state index in [0.29, 0.717) is 6.54 Å². The van der Waals surface area contributed by atoms with E-state index in [9.17, 15) is 24.3 Å². The Labute approximate surface area is 310 Å². The second-order valence-electron chi connectivity index (χ2n) is 14.8. The van der Waals surface area contributed by atoms with E-state index in [0.717, 1.165) is 66.7 Å². The number of piperazine rings is 1. The summed E-state index contributed by atoms with van der Waals surface area (Å²) >= 11 is 3.19. The zero-order valence-electron chi connectivity index (χ0n) is 31.0. The number of aliphatic hydroxyl groups is 1. The van der Waals surface area contributed by atoms with Crippen LogP contribution < -0.4 is 16.0 Å². The van der Waals surface area contributed by atoms with Gasteiger partial charge in [0.05, 0.1) is 22.2 Å². The van der Waals surface area contributed by atoms with E-state index in [1.165, 1.54) is 11.8 Å². The highest BCUT2D eigenvalue weighted by Gasteiger charge is 2.45. The van der Waals surface area contributed by atoms with Gasteiger partial charge in [0.2, 0.25) is 17.7 Å². The summed E-state index contributed by atoms with van der Waals surface area (Å²) in [5.41, 5.74) is 4.25. The molecule has 0 aliphatic carbocycles. The van der Waals surface area contributed by atoms with Gasteiger partial charge in [-0.2, -0.15) is 11.8 Å². The van der Waals surface area contributed by atoms with E-state index < -0.39 is 34.6 Å². The van der Waals surface area contributed by atoms with Crippen molar-refractivity contribution in [1.82, 2.24) is 35.6 Å². The number of nitrogens with zero attached hydrogens (tertiary/aromatic N) is 4. The Morgan fingerprint density at radius 2 is 1.67 bits per heavy atom. The molecule has 0 unspecified atom stereocenters. The van der Waals surface area contributed by atoms with Gasteiger partial charge in [0.1, 0.15) is 17.7 Å². The van der Waals surface area contributed by atoms with Crippen LogP contribution in [0.3, 0.4) is 0 Å². The molecule has 13 nitrogen and oxygen atoms in total. The smallest absolute Gasteiger partial charge is 0.407 e. The number of carbonyl (C=O) groups is 4. The van der Waals surface area contributed by atoms with Crippen molar-refractivity contribution in [3.8, 4) is 10.4 Å². The molecule has 3 heterocycles. The minimum absolute atomic E-state index is 0.0220. The monoisotopic (exact) mass is 745 g/mol. The van der Waals surface area contributed by atoms with E-state index in [1.807, 2.05) is 71.3 Å². The maximum atomic E-state index is 14.1. The van der Waals surface area contributed by atoms with Gasteiger partial charge in [-0.1, -0.05) is 24.3 Å². The first kappa shape index (κ1) is 40.5. The largest absolute Gasteiger partial charge is 0.444 e. The van der Waals surface area contributed by atoms with Gasteiger partial charge in [0, 0.05) is 82.7 Å². The van der Waals surface area contributed by atoms with Crippen LogP contribution in [0.4, 0.5) is 4.79 Å². The van der Waals surface area contributed by atoms with Crippen molar-refractivity contribution in [2.45, 2.75) is 90.0 Å². The summed E-state index contributed by atoms with van der Waals surface area (Å²) in [6.45, 7) is 18.7. The molecule has 282 valence electrons. The minimum atomic E-state index is -0.891. The second-order valence-corrected chi connectivity index (χ2v) is 17.4. The predicted octanol–water partition coefficient (Wildman–Crippen LogP) is 2.86. The van der Waals surface area contributed by atoms with Gasteiger partial charge in [0.15, 0.2) is 0 Å². The molecule has 4 amide bonds. The summed E-state index contributed by atoms with van der Waals surface area (Å²) in [6, 6.07) is 6.19. The van der Waals surface area contributed by atoms with E-state index in [1.54, 1.807) is 23.1 Å². The van der Waals surface area contributed by atoms with Crippen molar-refractivity contribution < 1.29 is 29.0 Å². The van der Waals surface area contributed by atoms with Crippen molar-refractivity contribution in [3.05, 3.63) is 41.0 Å². The number of benzene rings is 1. The molecule has 2 fully saturated rings. The number of carbonyl (C=O) groups excluding carboxylic acids is 4. The van der Waals surface area contributed by atoms with Gasteiger partial charge < -0.3 is 30.7 Å². The predicted molar refractivity (Wildman–Crippen MR) is 202 cm³/mol. The number of hydrogen-bond donors (Lipinski definition) is 4. The van der Waals surface area contributed by atoms with E-state index >= 15 is 0 Å². The minimum Gasteiger partial charge on any atom is -0.444 e. The number of thiazole rings is 1. The lowest BCUT2D eigenvalue weighted by Crippen LogP contribution is -2.59. The average Bonchev–Trinajstić information content (AvgIpc) is 3.67. The first-order valence-corrected chi connectivity index (χ1v) is 19.5. The molecule has 0 bridgehead atoms. The zero-order valence-corrected chi connectivity index (χ0v) is 32.6. The Bertz CT molecular complexity index is 1490. The number of aromatic nitrogens is 1. The molecule has 4 N–H and O–H groups in total. The van der Waals surface area contributed by atoms with E-state index in [2.05, 4.69) is 30.7 Å². The lowest BCUT2D eigenvalue weighted by atomic mass is 10.0. The number of aliphatic hydroxyl groups excluding tert-OH is 1. The number of alkyl carbamates (subject to hydrolysis) is 1. The maximum Gasteiger partial charge on any atom is 0.407 e. The van der Waals surface area contributed by atoms with Gasteiger partial charge in [-0.25, -0.2) is 9.78 Å². The lowest BCUT2D eigenvalue weighted by molar-refractivity contribution is -0.142. The normalized spacial score (nSPS) is 19.4. The van der Waals surface area contributed by atoms with Crippen LogP contribution in [-0.2, 0) is 25.7 Å². The van der Waals surface area contributed by atoms with Crippen LogP contribution in [0.15, 0.2) is 29.8 Å². The molecule has 4 rings (SSSR count). The summed E-state index contributed by atoms with van der Waals surface area (Å²) in [5.74, 6) is -0.312. The third-order valence-electron chi connectivity index (χ3n) is 9.03. The number of β-amino-alcohol motifs (C(OH)–C–C–N with tert-alkyl or cyclic N) is 1. The summed E-state index contributed by atoms with van der Waals surface area (Å²) in [4.78, 5) is 63.3. The Morgan fingerprint density at radius 3 is 2.25 bits per heavy atom. The van der Waals surface area contributed by atoms with Gasteiger partial charge >= 0.3 is 6.09 Å². The van der Waals surface area contributed by atoms with Gasteiger partial charge in [-0.3, -0.25) is 24.2 Å². The number of nitrogens with one attached hydrogen (secondary N) is 3. The number of thioether (sulfide) groups is 1. The van der Waals surface area contributed by atoms with Crippen molar-refractivity contribution in [3.63, 3.8) is 0 Å². The highest BCUT2D eigenvalue weighted by Crippen LogP contribution is 2.32. The molecule has 1 aromatic carbocycles. The number of likely N-dealkylation sites (tertiary alicyclic amines) is 1. The molecule has 2 aromatic rings. The number of amides is 4. The fraction of sp³-hybridized carbons (Fsp3) is 0.639. The van der Waals surface area contributed by atoms with Crippen molar-refractivity contribution >= 4 is 46.9 Å². The van der Waals surface area contributed by atoms with Crippen LogP contribution in [0.1, 0.15) is 59.2 Å². The average molecular weight is 746 g/mol. The Hall–Kier alpha value is -3.24. The first-order chi connectivity index (χ1) is 24.0. The van der Waals surface area contributed by atoms with Crippen molar-refractivity contribution in [1.29, 1.82) is 0 Å². The number of aryl methyl sites for hydroxylation is 1. The second kappa shape index (κ2) is 18.0. The number of hydrogen-bond acceptors (Lipinski definition) is 11. The molecule has 0 saturated carbocycles. The number of rotatable bonds is 14. The van der Waals surface area contributed by atoms with Gasteiger partial charge in [0.25, 0.3) is 0 Å². The summed E-state index contributed by atoms with van der Waals surface area (Å²) < 4.78 is 4.61. The summed E-state index contributed by atoms with van der Waals surface area (Å²) in [6.07, 6.45) is -1.12. The Morgan fingerprint density at radius 1 is 1.02 bits per heavy atom. The highest BCUT2D eigenvalue weighted by molar-refractivity contribution is 8.00. The molecule has 2 saturated heterocycles. The molecule has 2 aliphatic heterocycles. The molecule has 51 heavy (non-hydrogen) atoms. The molecule has 3 atom stereocenters. The number of ether oxygens (including phenoxy) is 1. The van der Waals surface area contributed by atoms with Crippen LogP contribution in [0.5, 0.6) is 0 Å². The molecular formula is C36H55N7O6S2. The van der Waals surface area contributed by atoms with Crippen LogP contribution in [0.2, 0.25) is 0 Å². The maximum absolute atomic E-state index is 14.1. The fourth-order valence-electron chi connectivity index (χ4n) is 6.26. The van der Waals surface area contributed by atoms with Crippen LogP contribution in [0.25, 0.3) is 10.4 Å². The standard InChI is InChI=1S/C36H55N7O6S2/c1-24-30(50-23-39-24)27-10-8-26(9-11-27)21-38-32(46)29-20-28(45)22-43(29)33(47)31(40-25(2)44)36(6,7)51-19-18-42-16-14-41(15-17-42)13-12-37-34(48)49-35(3,4)5/h8-11,23,28-29,31,45H,12-22H2,1-7H3,(H,37,48)(H,38,46)(H,40,44)/t28-,29+,31-/m1/s1. The fourth-order valence-corrected chi connectivity index (χ4v) is 8.27. The van der Waals surface area contributed by atoms with Crippen molar-refractivity contribution in [2.75, 3.05) is 58.1 Å². The molecule has 2 aliphatic rings. The Kier molecular flexibility index (Phi) is 14.3. The van der Waals surface area contributed by atoms with Gasteiger partial charge in [-0.15, -0.1) is 11.3 Å². The topological polar surface area (TPSA) is 156 Å². The summed E-state index contributed by atoms with van der Waals surface area (Å²) in [5, 5.41) is 19.2. The van der Waals surface area contributed by atoms with Crippen LogP contribution >= 0.6 is 23.1 Å². The third kappa shape index (κ3) is 12.2. The van der Waals surface area contributed by atoms with Crippen LogP contribution in [-0.4, -0.2) is 135 Å². The first-order valence-electron chi connectivity index (χ1n) is 17.6. The SMILES string of the molecule is CC(=O)N[C@H](C(=O)N1C[C@H](O)C[C@H]1C(=O)NCc1ccc(-c2scnc2C)cc1)C(C)(C)SCCN1CCN(CCNC(=O)OC(C)(C)C)CC1. The summed E-state index contributed by atoms with van der Waals surface area (Å²) in [7, 11) is 0.